The van der Waals surface area contributed by atoms with Gasteiger partial charge in [-0.1, -0.05) is 353 Å². The van der Waals surface area contributed by atoms with E-state index >= 15 is 0 Å². The molecule has 3 unspecified atom stereocenters. The van der Waals surface area contributed by atoms with Gasteiger partial charge in [0.2, 0.25) is 5.91 Å². The first-order valence-corrected chi connectivity index (χ1v) is 39.8. The van der Waals surface area contributed by atoms with Crippen molar-refractivity contribution >= 4 is 19.7 Å². The average Bonchev–Trinajstić information content (AvgIpc) is 3.70. The monoisotopic (exact) mass is 1250 g/mol. The Morgan fingerprint density at radius 2 is 0.701 bits per heavy atom. The summed E-state index contributed by atoms with van der Waals surface area (Å²) in [7, 11) is 1.52. The van der Waals surface area contributed by atoms with E-state index in [-0.39, 0.29) is 25.1 Å². The smallest absolute Gasteiger partial charge is 0.456 e. The van der Waals surface area contributed by atoms with Crippen LogP contribution in [0, 0.1) is 0 Å². The first kappa shape index (κ1) is 85.2. The van der Waals surface area contributed by atoms with Gasteiger partial charge in [-0.05, 0) is 63.9 Å². The summed E-state index contributed by atoms with van der Waals surface area (Å²) in [5.74, 6) is -0.482. The number of carbonyl (C=O) groups is 2. The Labute approximate surface area is 542 Å². The number of hydrogen-bond donors (Lipinski definition) is 2. The third-order valence-corrected chi connectivity index (χ3v) is 18.6. The van der Waals surface area contributed by atoms with E-state index in [0.29, 0.717) is 23.9 Å². The van der Waals surface area contributed by atoms with Gasteiger partial charge < -0.3 is 19.4 Å². The molecule has 0 spiro atoms. The third kappa shape index (κ3) is 68.4. The molecule has 0 aromatic heterocycles. The predicted octanol–water partition coefficient (Wildman–Crippen LogP) is 24.6. The van der Waals surface area contributed by atoms with Gasteiger partial charge in [0, 0.05) is 12.8 Å². The van der Waals surface area contributed by atoms with Crippen LogP contribution in [0.1, 0.15) is 393 Å². The van der Waals surface area contributed by atoms with Crippen molar-refractivity contribution in [2.45, 2.75) is 405 Å². The van der Waals surface area contributed by atoms with Gasteiger partial charge in [0.15, 0.2) is 0 Å². The zero-order valence-electron chi connectivity index (χ0n) is 59.0. The van der Waals surface area contributed by atoms with Gasteiger partial charge >= 0.3 is 13.8 Å². The highest BCUT2D eigenvalue weighted by Crippen LogP contribution is 2.43. The van der Waals surface area contributed by atoms with E-state index in [4.69, 9.17) is 13.8 Å². The van der Waals surface area contributed by atoms with Crippen LogP contribution in [-0.2, 0) is 27.9 Å². The maximum atomic E-state index is 13.6. The zero-order chi connectivity index (χ0) is 63.5. The largest absolute Gasteiger partial charge is 0.472 e. The van der Waals surface area contributed by atoms with Crippen LogP contribution in [-0.4, -0.2) is 74.3 Å². The Morgan fingerprint density at radius 3 is 1.06 bits per heavy atom. The fourth-order valence-electron chi connectivity index (χ4n) is 11.7. The minimum absolute atomic E-state index is 0.0436. The quantitative estimate of drug-likeness (QED) is 0.0205. The topological polar surface area (TPSA) is 111 Å². The molecule has 0 aliphatic heterocycles. The number of quaternary nitrogens is 1. The van der Waals surface area contributed by atoms with Crippen molar-refractivity contribution in [3.63, 3.8) is 0 Å². The van der Waals surface area contributed by atoms with Crippen molar-refractivity contribution < 1.29 is 37.3 Å². The summed E-state index contributed by atoms with van der Waals surface area (Å²) >= 11 is 0. The molecule has 10 heteroatoms. The van der Waals surface area contributed by atoms with E-state index in [0.717, 1.165) is 64.2 Å². The molecule has 0 aliphatic carbocycles. The molecule has 0 aromatic carbocycles. The second-order valence-electron chi connectivity index (χ2n) is 27.5. The van der Waals surface area contributed by atoms with Crippen molar-refractivity contribution in [3.8, 4) is 0 Å². The van der Waals surface area contributed by atoms with Crippen molar-refractivity contribution in [1.29, 1.82) is 0 Å². The molecular weight excluding hydrogens is 1100 g/mol. The Kier molecular flexibility index (Phi) is 65.8. The van der Waals surface area contributed by atoms with Crippen molar-refractivity contribution in [2.24, 2.45) is 0 Å². The van der Waals surface area contributed by atoms with Crippen LogP contribution in [0.4, 0.5) is 0 Å². The summed E-state index contributed by atoms with van der Waals surface area (Å²) in [6.45, 7) is 7.06. The van der Waals surface area contributed by atoms with E-state index in [1.807, 2.05) is 33.3 Å². The average molecular weight is 1250 g/mol. The lowest BCUT2D eigenvalue weighted by molar-refractivity contribution is -0.870. The van der Waals surface area contributed by atoms with Crippen LogP contribution in [0.3, 0.4) is 0 Å². The van der Waals surface area contributed by atoms with Gasteiger partial charge in [-0.3, -0.25) is 18.6 Å². The molecule has 0 aliphatic rings. The van der Waals surface area contributed by atoms with E-state index in [9.17, 15) is 19.0 Å². The summed E-state index contributed by atoms with van der Waals surface area (Å²) in [6, 6.07) is -0.845. The number of phosphoric acid groups is 1. The number of carbonyl (C=O) groups excluding carboxylic acids is 2. The van der Waals surface area contributed by atoms with E-state index in [1.54, 1.807) is 0 Å². The number of amides is 1. The lowest BCUT2D eigenvalue weighted by Gasteiger charge is -2.27. The first-order valence-electron chi connectivity index (χ1n) is 38.3. The van der Waals surface area contributed by atoms with Crippen LogP contribution in [0.15, 0.2) is 36.5 Å². The molecule has 514 valence electrons. The van der Waals surface area contributed by atoms with Crippen LogP contribution in [0.25, 0.3) is 0 Å². The van der Waals surface area contributed by atoms with Crippen molar-refractivity contribution in [2.75, 3.05) is 40.9 Å². The molecule has 3 atom stereocenters. The predicted molar refractivity (Wildman–Crippen MR) is 379 cm³/mol. The number of phosphoric ester groups is 1. The number of allylic oxidation sites excluding steroid dienone is 5. The SMILES string of the molecule is CCCCC/C=C\C/C=C\CCCCCCCCCCCCCCCCCC(=O)NC(COP(=O)(O)OCC[N+](C)(C)C)C(/C=C/CCCCCCCCCCC)OC(=O)CCCCCCCCCCCCCCCCCCCCCCCCCCC. The summed E-state index contributed by atoms with van der Waals surface area (Å²) in [6.07, 6.45) is 84.6. The van der Waals surface area contributed by atoms with Gasteiger partial charge in [-0.2, -0.15) is 0 Å². The molecule has 87 heavy (non-hydrogen) atoms. The van der Waals surface area contributed by atoms with Gasteiger partial charge in [-0.25, -0.2) is 4.57 Å². The number of hydrogen-bond acceptors (Lipinski definition) is 6. The van der Waals surface area contributed by atoms with Gasteiger partial charge in [-0.15, -0.1) is 0 Å². The number of rotatable bonds is 71. The minimum atomic E-state index is -4.45. The fraction of sp³-hybridized carbons (Fsp3) is 0.896. The van der Waals surface area contributed by atoms with Crippen LogP contribution in [0.5, 0.6) is 0 Å². The van der Waals surface area contributed by atoms with Crippen molar-refractivity contribution in [3.05, 3.63) is 36.5 Å². The molecular formula is C77H150N2O7P+. The Morgan fingerprint density at radius 1 is 0.402 bits per heavy atom. The highest BCUT2D eigenvalue weighted by molar-refractivity contribution is 7.47. The maximum Gasteiger partial charge on any atom is 0.472 e. The second kappa shape index (κ2) is 67.1. The molecule has 0 heterocycles. The zero-order valence-corrected chi connectivity index (χ0v) is 59.9. The molecule has 9 nitrogen and oxygen atoms in total. The Hall–Kier alpha value is -1.77. The Bertz CT molecular complexity index is 1580. The number of unbranched alkanes of at least 4 members (excludes halogenated alkanes) is 51. The fourth-order valence-corrected chi connectivity index (χ4v) is 12.4. The summed E-state index contributed by atoms with van der Waals surface area (Å²) in [5, 5.41) is 3.08. The summed E-state index contributed by atoms with van der Waals surface area (Å²) in [4.78, 5) is 38.0. The van der Waals surface area contributed by atoms with Crippen molar-refractivity contribution in [1.82, 2.24) is 5.32 Å². The number of nitrogens with one attached hydrogen (secondary N) is 1. The first-order chi connectivity index (χ1) is 42.4. The molecule has 0 radical (unpaired) electrons. The molecule has 0 aromatic rings. The lowest BCUT2D eigenvalue weighted by atomic mass is 10.0. The second-order valence-corrected chi connectivity index (χ2v) is 29.0. The van der Waals surface area contributed by atoms with Gasteiger partial charge in [0.25, 0.3) is 0 Å². The number of esters is 1. The molecule has 0 saturated carbocycles. The van der Waals surface area contributed by atoms with E-state index < -0.39 is 20.0 Å². The number of nitrogens with zero attached hydrogens (tertiary/aromatic N) is 1. The standard InChI is InChI=1S/C77H149N2O7P/c1-7-10-13-16-19-22-25-27-29-31-33-35-37-39-41-43-45-47-49-51-54-57-60-63-66-69-76(80)78-74(73-85-87(82,83)84-72-71-79(4,5)6)75(68-65-62-59-56-53-24-21-18-15-12-9-3)86-77(81)70-67-64-61-58-55-52-50-48-46-44-42-40-38-36-34-32-30-28-26-23-20-17-14-11-8-2/h19,22,27,29,65,68,74-75H,7-18,20-21,23-26,28,30-64,66-67,69-73H2,1-6H3,(H-,78,80,82,83)/p+1/b22-19-,29-27-,68-65+. The van der Waals surface area contributed by atoms with Gasteiger partial charge in [0.05, 0.1) is 33.8 Å². The Balaban J connectivity index is 4.89. The molecule has 0 fully saturated rings. The molecule has 0 bridgehead atoms. The van der Waals surface area contributed by atoms with E-state index in [1.165, 1.54) is 295 Å². The molecule has 0 rings (SSSR count). The van der Waals surface area contributed by atoms with E-state index in [2.05, 4.69) is 50.4 Å². The third-order valence-electron chi connectivity index (χ3n) is 17.6. The van der Waals surface area contributed by atoms with Gasteiger partial charge in [0.1, 0.15) is 19.3 Å². The number of ether oxygens (including phenoxy) is 1. The molecule has 0 saturated heterocycles. The molecule has 2 N–H and O–H groups in total. The lowest BCUT2D eigenvalue weighted by Crippen LogP contribution is -2.47. The normalized spacial score (nSPS) is 13.6. The minimum Gasteiger partial charge on any atom is -0.456 e. The highest BCUT2D eigenvalue weighted by Gasteiger charge is 2.30. The van der Waals surface area contributed by atoms with Crippen LogP contribution < -0.4 is 5.32 Å². The summed E-state index contributed by atoms with van der Waals surface area (Å²) in [5.41, 5.74) is 0. The highest BCUT2D eigenvalue weighted by atomic mass is 31.2. The van der Waals surface area contributed by atoms with Crippen LogP contribution >= 0.6 is 7.82 Å². The van der Waals surface area contributed by atoms with Crippen LogP contribution in [0.2, 0.25) is 0 Å². The summed E-state index contributed by atoms with van der Waals surface area (Å²) < 4.78 is 30.9. The number of likely N-dealkylation sites (N-methyl/N-ethyl adjacent to an activating group) is 1. The molecule has 1 amide bonds. The maximum absolute atomic E-state index is 13.6.